The molecule has 1 aliphatic heterocycles. The Morgan fingerprint density at radius 1 is 1.62 bits per heavy atom. The van der Waals surface area contributed by atoms with Gasteiger partial charge in [0.15, 0.2) is 0 Å². The van der Waals surface area contributed by atoms with E-state index in [2.05, 4.69) is 25.8 Å². The second-order valence-electron chi connectivity index (χ2n) is 4.07. The maximum absolute atomic E-state index is 8.83. The van der Waals surface area contributed by atoms with Crippen molar-refractivity contribution in [3.8, 4) is 6.07 Å². The molecule has 0 saturated carbocycles. The van der Waals surface area contributed by atoms with E-state index in [4.69, 9.17) is 5.26 Å². The van der Waals surface area contributed by atoms with Gasteiger partial charge in [0.25, 0.3) is 0 Å². The van der Waals surface area contributed by atoms with Gasteiger partial charge in [-0.25, -0.2) is 4.98 Å². The number of aromatic nitrogens is 2. The van der Waals surface area contributed by atoms with Crippen LogP contribution < -0.4 is 5.32 Å². The van der Waals surface area contributed by atoms with E-state index in [1.807, 2.05) is 19.4 Å². The van der Waals surface area contributed by atoms with Crippen LogP contribution in [0.2, 0.25) is 0 Å². The molecule has 2 rings (SSSR count). The fraction of sp³-hybridized carbons (Fsp3) is 0.636. The molecule has 5 nitrogen and oxygen atoms in total. The lowest BCUT2D eigenvalue weighted by atomic mass is 10.2. The molecule has 0 spiro atoms. The number of nitriles is 1. The molecule has 1 aliphatic rings. The number of rotatable bonds is 4. The van der Waals surface area contributed by atoms with Crippen LogP contribution >= 0.6 is 0 Å². The third-order valence-electron chi connectivity index (χ3n) is 3.06. The first-order valence-electron chi connectivity index (χ1n) is 5.62. The molecule has 1 unspecified atom stereocenters. The molecule has 1 atom stereocenters. The van der Waals surface area contributed by atoms with Crippen molar-refractivity contribution in [2.75, 3.05) is 20.1 Å². The highest BCUT2D eigenvalue weighted by Gasteiger charge is 2.17. The van der Waals surface area contributed by atoms with Gasteiger partial charge in [-0.15, -0.1) is 0 Å². The topological polar surface area (TPSA) is 56.9 Å². The van der Waals surface area contributed by atoms with Gasteiger partial charge in [0.05, 0.1) is 18.7 Å². The third kappa shape index (κ3) is 2.40. The molecule has 0 fully saturated rings. The van der Waals surface area contributed by atoms with E-state index in [0.29, 0.717) is 0 Å². The minimum absolute atomic E-state index is 0.0401. The predicted octanol–water partition coefficient (Wildman–Crippen LogP) is 0.200. The van der Waals surface area contributed by atoms with Crippen molar-refractivity contribution in [1.82, 2.24) is 19.8 Å². The summed E-state index contributed by atoms with van der Waals surface area (Å²) in [6.07, 6.45) is 4.75. The van der Waals surface area contributed by atoms with Gasteiger partial charge in [-0.05, 0) is 13.5 Å². The van der Waals surface area contributed by atoms with E-state index >= 15 is 0 Å². The first kappa shape index (κ1) is 11.1. The number of fused-ring (bicyclic) bond motifs is 1. The Balaban J connectivity index is 1.83. The molecule has 0 saturated heterocycles. The van der Waals surface area contributed by atoms with Crippen LogP contribution in [-0.2, 0) is 13.1 Å². The minimum atomic E-state index is -0.0401. The second-order valence-corrected chi connectivity index (χ2v) is 4.07. The van der Waals surface area contributed by atoms with E-state index in [-0.39, 0.29) is 6.04 Å². The summed E-state index contributed by atoms with van der Waals surface area (Å²) in [4.78, 5) is 6.67. The number of nitrogens with one attached hydrogen (secondary N) is 1. The lowest BCUT2D eigenvalue weighted by Gasteiger charge is -2.27. The van der Waals surface area contributed by atoms with E-state index in [1.165, 1.54) is 0 Å². The molecule has 5 heteroatoms. The molecule has 16 heavy (non-hydrogen) atoms. The minimum Gasteiger partial charge on any atom is -0.333 e. The first-order chi connectivity index (χ1) is 7.83. The summed E-state index contributed by atoms with van der Waals surface area (Å²) in [5.41, 5.74) is 0. The molecule has 1 aromatic heterocycles. The second kappa shape index (κ2) is 5.10. The van der Waals surface area contributed by atoms with Crippen molar-refractivity contribution in [3.05, 3.63) is 18.2 Å². The summed E-state index contributed by atoms with van der Waals surface area (Å²) < 4.78 is 2.19. The summed E-state index contributed by atoms with van der Waals surface area (Å²) in [5, 5.41) is 11.8. The van der Waals surface area contributed by atoms with Crippen LogP contribution in [0.15, 0.2) is 12.4 Å². The van der Waals surface area contributed by atoms with Crippen LogP contribution in [0.1, 0.15) is 12.2 Å². The maximum Gasteiger partial charge on any atom is 0.122 e. The van der Waals surface area contributed by atoms with Crippen LogP contribution in [0.3, 0.4) is 0 Å². The van der Waals surface area contributed by atoms with E-state index in [1.54, 1.807) is 0 Å². The maximum atomic E-state index is 8.83. The monoisotopic (exact) mass is 219 g/mol. The van der Waals surface area contributed by atoms with Crippen molar-refractivity contribution < 1.29 is 0 Å². The average molecular weight is 219 g/mol. The molecule has 86 valence electrons. The van der Waals surface area contributed by atoms with Crippen LogP contribution in [0, 0.1) is 11.3 Å². The van der Waals surface area contributed by atoms with Crippen molar-refractivity contribution in [2.45, 2.75) is 25.6 Å². The van der Waals surface area contributed by atoms with Gasteiger partial charge in [-0.3, -0.25) is 4.90 Å². The fourth-order valence-corrected chi connectivity index (χ4v) is 2.00. The zero-order valence-corrected chi connectivity index (χ0v) is 9.56. The third-order valence-corrected chi connectivity index (χ3v) is 3.06. The normalized spacial score (nSPS) is 17.8. The Bertz CT molecular complexity index is 378. The summed E-state index contributed by atoms with van der Waals surface area (Å²) in [6.45, 7) is 3.90. The standard InChI is InChI=1S/C11H17N5/c1-13-10(8-12)2-4-15-6-7-16-5-3-14-11(16)9-15/h3,5,10,13H,2,4,6-7,9H2,1H3. The largest absolute Gasteiger partial charge is 0.333 e. The summed E-state index contributed by atoms with van der Waals surface area (Å²) >= 11 is 0. The highest BCUT2D eigenvalue weighted by atomic mass is 15.2. The zero-order valence-electron chi connectivity index (χ0n) is 9.56. The Morgan fingerprint density at radius 2 is 2.50 bits per heavy atom. The summed E-state index contributed by atoms with van der Waals surface area (Å²) in [5.74, 6) is 1.13. The molecule has 1 N–H and O–H groups in total. The van der Waals surface area contributed by atoms with E-state index in [0.717, 1.165) is 38.4 Å². The predicted molar refractivity (Wildman–Crippen MR) is 60.6 cm³/mol. The van der Waals surface area contributed by atoms with Crippen molar-refractivity contribution in [1.29, 1.82) is 5.26 Å². The lowest BCUT2D eigenvalue weighted by molar-refractivity contribution is 0.211. The molecular formula is C11H17N5. The molecule has 0 bridgehead atoms. The molecule has 0 aromatic carbocycles. The lowest BCUT2D eigenvalue weighted by Crippen LogP contribution is -2.37. The van der Waals surface area contributed by atoms with Crippen LogP contribution in [-0.4, -0.2) is 40.6 Å². The van der Waals surface area contributed by atoms with Crippen molar-refractivity contribution in [2.24, 2.45) is 0 Å². The Morgan fingerprint density at radius 3 is 3.25 bits per heavy atom. The summed E-state index contributed by atoms with van der Waals surface area (Å²) in [6, 6.07) is 2.21. The number of hydrogen-bond acceptors (Lipinski definition) is 4. The van der Waals surface area contributed by atoms with Gasteiger partial charge < -0.3 is 9.88 Å². The van der Waals surface area contributed by atoms with E-state index < -0.39 is 0 Å². The fourth-order valence-electron chi connectivity index (χ4n) is 2.00. The molecule has 0 aliphatic carbocycles. The van der Waals surface area contributed by atoms with Crippen LogP contribution in [0.5, 0.6) is 0 Å². The molecular weight excluding hydrogens is 202 g/mol. The van der Waals surface area contributed by atoms with Crippen LogP contribution in [0.4, 0.5) is 0 Å². The van der Waals surface area contributed by atoms with Gasteiger partial charge in [0, 0.05) is 32.0 Å². The molecule has 1 aromatic rings. The van der Waals surface area contributed by atoms with Gasteiger partial charge >= 0.3 is 0 Å². The summed E-state index contributed by atoms with van der Waals surface area (Å²) in [7, 11) is 1.83. The SMILES string of the molecule is CNC(C#N)CCN1CCn2ccnc2C1. The zero-order chi connectivity index (χ0) is 11.4. The van der Waals surface area contributed by atoms with Gasteiger partial charge in [0.1, 0.15) is 5.82 Å². The van der Waals surface area contributed by atoms with E-state index in [9.17, 15) is 0 Å². The molecule has 0 amide bonds. The van der Waals surface area contributed by atoms with Crippen LogP contribution in [0.25, 0.3) is 0 Å². The van der Waals surface area contributed by atoms with Gasteiger partial charge in [0.2, 0.25) is 0 Å². The highest BCUT2D eigenvalue weighted by molar-refractivity contribution is 4.96. The number of nitrogens with zero attached hydrogens (tertiary/aromatic N) is 4. The van der Waals surface area contributed by atoms with Gasteiger partial charge in [-0.1, -0.05) is 0 Å². The number of hydrogen-bond donors (Lipinski definition) is 1. The Kier molecular flexibility index (Phi) is 3.54. The highest BCUT2D eigenvalue weighted by Crippen LogP contribution is 2.10. The van der Waals surface area contributed by atoms with Crippen molar-refractivity contribution >= 4 is 0 Å². The quantitative estimate of drug-likeness (QED) is 0.786. The Hall–Kier alpha value is -1.38. The molecule has 2 heterocycles. The first-order valence-corrected chi connectivity index (χ1v) is 5.62. The van der Waals surface area contributed by atoms with Crippen molar-refractivity contribution in [3.63, 3.8) is 0 Å². The Labute approximate surface area is 95.7 Å². The number of imidazole rings is 1. The molecule has 0 radical (unpaired) electrons. The average Bonchev–Trinajstić information content (AvgIpc) is 2.77. The smallest absolute Gasteiger partial charge is 0.122 e. The van der Waals surface area contributed by atoms with Gasteiger partial charge in [-0.2, -0.15) is 5.26 Å².